The van der Waals surface area contributed by atoms with Crippen LogP contribution in [0.2, 0.25) is 0 Å². The third-order valence-electron chi connectivity index (χ3n) is 4.54. The molecule has 3 aliphatic rings. The van der Waals surface area contributed by atoms with Crippen molar-refractivity contribution in [1.29, 1.82) is 0 Å². The Morgan fingerprint density at radius 2 is 1.71 bits per heavy atom. The molecule has 2 nitrogen and oxygen atoms in total. The first-order chi connectivity index (χ1) is 6.84. The Morgan fingerprint density at radius 1 is 1.00 bits per heavy atom. The minimum absolute atomic E-state index is 0.0963. The van der Waals surface area contributed by atoms with E-state index in [9.17, 15) is 4.79 Å². The molecule has 0 radical (unpaired) electrons. The molecule has 0 aromatic heterocycles. The Hall–Kier alpha value is -0.530. The molecular weight excluding hydrogens is 176 g/mol. The maximum absolute atomic E-state index is 11.5. The summed E-state index contributed by atoms with van der Waals surface area (Å²) >= 11 is 0. The van der Waals surface area contributed by atoms with Crippen LogP contribution in [0.1, 0.15) is 38.5 Å². The molecule has 78 valence electrons. The van der Waals surface area contributed by atoms with E-state index in [1.165, 1.54) is 32.1 Å². The summed E-state index contributed by atoms with van der Waals surface area (Å²) in [5, 5.41) is 0. The van der Waals surface area contributed by atoms with Gasteiger partial charge in [-0.15, -0.1) is 0 Å². The average Bonchev–Trinajstić information content (AvgIpc) is 2.57. The van der Waals surface area contributed by atoms with Crippen LogP contribution in [0.25, 0.3) is 0 Å². The summed E-state index contributed by atoms with van der Waals surface area (Å²) in [4.78, 5) is 11.5. The van der Waals surface area contributed by atoms with Crippen LogP contribution < -0.4 is 0 Å². The van der Waals surface area contributed by atoms with Crippen LogP contribution in [0.4, 0.5) is 0 Å². The third-order valence-corrected chi connectivity index (χ3v) is 4.54. The lowest BCUT2D eigenvalue weighted by Crippen LogP contribution is -2.34. The molecule has 0 amide bonds. The summed E-state index contributed by atoms with van der Waals surface area (Å²) in [6.45, 7) is 0.715. The minimum atomic E-state index is 0.0963. The number of fused-ring (bicyclic) bond motifs is 2. The van der Waals surface area contributed by atoms with Crippen LogP contribution in [0.5, 0.6) is 0 Å². The number of esters is 1. The van der Waals surface area contributed by atoms with E-state index in [2.05, 4.69) is 0 Å². The van der Waals surface area contributed by atoms with Crippen molar-refractivity contribution in [3.63, 3.8) is 0 Å². The van der Waals surface area contributed by atoms with Crippen molar-refractivity contribution in [2.24, 2.45) is 23.7 Å². The fourth-order valence-electron chi connectivity index (χ4n) is 3.75. The van der Waals surface area contributed by atoms with Crippen LogP contribution in [-0.4, -0.2) is 12.6 Å². The molecule has 1 aliphatic heterocycles. The molecule has 14 heavy (non-hydrogen) atoms. The zero-order chi connectivity index (χ0) is 9.54. The first-order valence-electron chi connectivity index (χ1n) is 6.01. The van der Waals surface area contributed by atoms with Crippen LogP contribution in [-0.2, 0) is 9.53 Å². The van der Waals surface area contributed by atoms with Crippen LogP contribution in [0, 0.1) is 23.7 Å². The summed E-state index contributed by atoms with van der Waals surface area (Å²) in [5.74, 6) is 2.70. The van der Waals surface area contributed by atoms with Gasteiger partial charge in [0.1, 0.15) is 0 Å². The highest BCUT2D eigenvalue weighted by Gasteiger charge is 2.45. The SMILES string of the molecule is O=C1OCC2CC3CCCCC3CC12. The van der Waals surface area contributed by atoms with Crippen molar-refractivity contribution in [2.75, 3.05) is 6.61 Å². The van der Waals surface area contributed by atoms with E-state index < -0.39 is 0 Å². The largest absolute Gasteiger partial charge is 0.465 e. The van der Waals surface area contributed by atoms with Crippen molar-refractivity contribution in [2.45, 2.75) is 38.5 Å². The van der Waals surface area contributed by atoms with E-state index in [1.807, 2.05) is 0 Å². The highest BCUT2D eigenvalue weighted by Crippen LogP contribution is 2.47. The molecule has 1 saturated heterocycles. The molecular formula is C12H18O2. The van der Waals surface area contributed by atoms with E-state index >= 15 is 0 Å². The summed E-state index contributed by atoms with van der Waals surface area (Å²) in [5.41, 5.74) is 0. The number of rotatable bonds is 0. The average molecular weight is 194 g/mol. The second-order valence-corrected chi connectivity index (χ2v) is 5.27. The van der Waals surface area contributed by atoms with Crippen molar-refractivity contribution in [3.8, 4) is 0 Å². The van der Waals surface area contributed by atoms with Gasteiger partial charge in [-0.2, -0.15) is 0 Å². The monoisotopic (exact) mass is 194 g/mol. The van der Waals surface area contributed by atoms with Gasteiger partial charge in [-0.1, -0.05) is 25.7 Å². The Bertz CT molecular complexity index is 249. The molecule has 0 aromatic carbocycles. The topological polar surface area (TPSA) is 26.3 Å². The molecule has 1 heterocycles. The van der Waals surface area contributed by atoms with E-state index in [-0.39, 0.29) is 11.9 Å². The molecule has 0 spiro atoms. The predicted molar refractivity (Wildman–Crippen MR) is 52.6 cm³/mol. The summed E-state index contributed by atoms with van der Waals surface area (Å²) in [6, 6.07) is 0. The first-order valence-corrected chi connectivity index (χ1v) is 6.01. The number of hydrogen-bond donors (Lipinski definition) is 0. The Labute approximate surface area is 85.0 Å². The number of cyclic esters (lactones) is 1. The molecule has 4 atom stereocenters. The molecule has 0 N–H and O–H groups in total. The van der Waals surface area contributed by atoms with E-state index in [4.69, 9.17) is 4.74 Å². The van der Waals surface area contributed by atoms with Crippen molar-refractivity contribution < 1.29 is 9.53 Å². The fraction of sp³-hybridized carbons (Fsp3) is 0.917. The van der Waals surface area contributed by atoms with Gasteiger partial charge in [0.2, 0.25) is 0 Å². The molecule has 2 saturated carbocycles. The quantitative estimate of drug-likeness (QED) is 0.553. The number of hydrogen-bond acceptors (Lipinski definition) is 2. The lowest BCUT2D eigenvalue weighted by Gasteiger charge is -2.39. The lowest BCUT2D eigenvalue weighted by atomic mass is 9.64. The van der Waals surface area contributed by atoms with Gasteiger partial charge in [0, 0.05) is 5.92 Å². The van der Waals surface area contributed by atoms with Crippen LogP contribution in [0.3, 0.4) is 0 Å². The van der Waals surface area contributed by atoms with E-state index in [0.29, 0.717) is 12.5 Å². The molecule has 0 bridgehead atoms. The van der Waals surface area contributed by atoms with Crippen LogP contribution >= 0.6 is 0 Å². The summed E-state index contributed by atoms with van der Waals surface area (Å²) in [6.07, 6.45) is 7.96. The van der Waals surface area contributed by atoms with Crippen molar-refractivity contribution >= 4 is 5.97 Å². The van der Waals surface area contributed by atoms with E-state index in [1.54, 1.807) is 0 Å². The molecule has 2 heteroatoms. The number of carbonyl (C=O) groups is 1. The lowest BCUT2D eigenvalue weighted by molar-refractivity contribution is -0.142. The third kappa shape index (κ3) is 1.27. The van der Waals surface area contributed by atoms with Gasteiger partial charge in [0.25, 0.3) is 0 Å². The highest BCUT2D eigenvalue weighted by molar-refractivity contribution is 5.74. The van der Waals surface area contributed by atoms with Gasteiger partial charge in [0.05, 0.1) is 12.5 Å². The van der Waals surface area contributed by atoms with Crippen LogP contribution in [0.15, 0.2) is 0 Å². The Kier molecular flexibility index (Phi) is 2.03. The van der Waals surface area contributed by atoms with Gasteiger partial charge in [-0.05, 0) is 24.7 Å². The van der Waals surface area contributed by atoms with Crippen molar-refractivity contribution in [1.82, 2.24) is 0 Å². The zero-order valence-electron chi connectivity index (χ0n) is 8.58. The Balaban J connectivity index is 1.75. The maximum Gasteiger partial charge on any atom is 0.309 e. The second kappa shape index (κ2) is 3.25. The predicted octanol–water partition coefficient (Wildman–Crippen LogP) is 2.38. The molecule has 3 fully saturated rings. The summed E-state index contributed by atoms with van der Waals surface area (Å²) < 4.78 is 5.17. The van der Waals surface area contributed by atoms with E-state index in [0.717, 1.165) is 18.3 Å². The maximum atomic E-state index is 11.5. The van der Waals surface area contributed by atoms with Crippen molar-refractivity contribution in [3.05, 3.63) is 0 Å². The standard InChI is InChI=1S/C12H18O2/c13-12-11-6-9-4-2-1-3-8(9)5-10(11)7-14-12/h8-11H,1-7H2. The van der Waals surface area contributed by atoms with Gasteiger partial charge in [-0.3, -0.25) is 4.79 Å². The summed E-state index contributed by atoms with van der Waals surface area (Å²) in [7, 11) is 0. The minimum Gasteiger partial charge on any atom is -0.465 e. The normalized spacial score (nSPS) is 46.7. The smallest absolute Gasteiger partial charge is 0.309 e. The van der Waals surface area contributed by atoms with Gasteiger partial charge < -0.3 is 4.74 Å². The molecule has 3 rings (SSSR count). The fourth-order valence-corrected chi connectivity index (χ4v) is 3.75. The number of ether oxygens (including phenoxy) is 1. The first kappa shape index (κ1) is 8.75. The molecule has 0 aromatic rings. The highest BCUT2D eigenvalue weighted by atomic mass is 16.5. The van der Waals surface area contributed by atoms with Gasteiger partial charge in [-0.25, -0.2) is 0 Å². The Morgan fingerprint density at radius 3 is 2.50 bits per heavy atom. The van der Waals surface area contributed by atoms with Gasteiger partial charge in [0.15, 0.2) is 0 Å². The number of carbonyl (C=O) groups excluding carboxylic acids is 1. The molecule has 2 aliphatic carbocycles. The van der Waals surface area contributed by atoms with Gasteiger partial charge >= 0.3 is 5.97 Å². The second-order valence-electron chi connectivity index (χ2n) is 5.27. The molecule has 4 unspecified atom stereocenters. The zero-order valence-corrected chi connectivity index (χ0v) is 8.58.